The number of benzene rings is 2. The highest BCUT2D eigenvalue weighted by Crippen LogP contribution is 2.30. The highest BCUT2D eigenvalue weighted by Gasteiger charge is 2.08. The number of hydrogen-bond donors (Lipinski definition) is 1. The van der Waals surface area contributed by atoms with E-state index in [9.17, 15) is 4.79 Å². The third-order valence-electron chi connectivity index (χ3n) is 3.27. The Kier molecular flexibility index (Phi) is 6.02. The maximum atomic E-state index is 10.9. The molecule has 0 amide bonds. The van der Waals surface area contributed by atoms with Crippen molar-refractivity contribution < 1.29 is 14.6 Å². The first-order chi connectivity index (χ1) is 12.0. The zero-order chi connectivity index (χ0) is 18.2. The average Bonchev–Trinajstić information content (AvgIpc) is 2.61. The molecular formula is C19H17N3O3. The molecule has 1 N–H and O–H groups in total. The van der Waals surface area contributed by atoms with Crippen LogP contribution in [0.3, 0.4) is 0 Å². The van der Waals surface area contributed by atoms with Gasteiger partial charge in [-0.15, -0.1) is 5.11 Å². The summed E-state index contributed by atoms with van der Waals surface area (Å²) in [7, 11) is 0. The van der Waals surface area contributed by atoms with Crippen molar-refractivity contribution in [1.29, 1.82) is 5.26 Å². The first-order valence-electron chi connectivity index (χ1n) is 7.59. The molecule has 2 rings (SSSR count). The molecule has 126 valence electrons. The molecule has 0 aliphatic carbocycles. The summed E-state index contributed by atoms with van der Waals surface area (Å²) in [6.45, 7) is 3.26. The van der Waals surface area contributed by atoms with E-state index in [2.05, 4.69) is 10.2 Å². The predicted octanol–water partition coefficient (Wildman–Crippen LogP) is 4.77. The number of ether oxygens (including phenoxy) is 1. The van der Waals surface area contributed by atoms with Gasteiger partial charge in [-0.2, -0.15) is 10.4 Å². The fourth-order valence-corrected chi connectivity index (χ4v) is 2.01. The molecule has 2 aromatic rings. The Balaban J connectivity index is 2.17. The van der Waals surface area contributed by atoms with E-state index in [-0.39, 0.29) is 5.57 Å². The molecule has 6 heteroatoms. The molecule has 0 saturated heterocycles. The number of hydrogen-bond acceptors (Lipinski definition) is 5. The van der Waals surface area contributed by atoms with E-state index in [4.69, 9.17) is 15.1 Å². The van der Waals surface area contributed by atoms with E-state index in [0.29, 0.717) is 22.7 Å². The van der Waals surface area contributed by atoms with E-state index in [0.717, 1.165) is 0 Å². The lowest BCUT2D eigenvalue weighted by Crippen LogP contribution is -2.11. The van der Waals surface area contributed by atoms with Gasteiger partial charge in [-0.3, -0.25) is 0 Å². The summed E-state index contributed by atoms with van der Waals surface area (Å²) in [6, 6.07) is 15.9. The summed E-state index contributed by atoms with van der Waals surface area (Å²) in [6.07, 6.45) is 1.10. The first kappa shape index (κ1) is 17.9. The van der Waals surface area contributed by atoms with Gasteiger partial charge in [0.1, 0.15) is 17.5 Å². The van der Waals surface area contributed by atoms with E-state index in [1.165, 1.54) is 13.0 Å². The van der Waals surface area contributed by atoms with Crippen molar-refractivity contribution in [2.75, 3.05) is 0 Å². The van der Waals surface area contributed by atoms with Crippen LogP contribution in [0.25, 0.3) is 0 Å². The molecule has 0 aliphatic rings. The zero-order valence-electron chi connectivity index (χ0n) is 13.9. The van der Waals surface area contributed by atoms with Gasteiger partial charge in [0, 0.05) is 5.57 Å². The number of carbonyl (C=O) groups is 1. The Morgan fingerprint density at radius 1 is 1.20 bits per heavy atom. The fourth-order valence-electron chi connectivity index (χ4n) is 2.01. The Labute approximate surface area is 145 Å². The summed E-state index contributed by atoms with van der Waals surface area (Å²) < 4.78 is 5.75. The van der Waals surface area contributed by atoms with Gasteiger partial charge in [-0.1, -0.05) is 12.1 Å². The van der Waals surface area contributed by atoms with Gasteiger partial charge in [-0.25, -0.2) is 4.79 Å². The van der Waals surface area contributed by atoms with Crippen molar-refractivity contribution in [3.05, 3.63) is 65.7 Å². The number of carboxylic acids is 1. The maximum Gasteiger partial charge on any atom is 0.331 e. The standard InChI is InChI=1S/C19H17N3O3/c1-13(19(23)24)11-14(2)25-18-6-4-3-5-17(18)22-21-16-9-7-15(12-20)8-10-16/h3-11,14H,1-2H3,(H,23,24). The average molecular weight is 335 g/mol. The second-order valence-electron chi connectivity index (χ2n) is 5.30. The van der Waals surface area contributed by atoms with Crippen molar-refractivity contribution in [2.45, 2.75) is 20.0 Å². The van der Waals surface area contributed by atoms with Gasteiger partial charge in [-0.05, 0) is 56.3 Å². The third-order valence-corrected chi connectivity index (χ3v) is 3.27. The topological polar surface area (TPSA) is 95.0 Å². The number of nitrogens with zero attached hydrogens (tertiary/aromatic N) is 3. The smallest absolute Gasteiger partial charge is 0.331 e. The second kappa shape index (κ2) is 8.41. The molecular weight excluding hydrogens is 318 g/mol. The first-order valence-corrected chi connectivity index (χ1v) is 7.59. The van der Waals surface area contributed by atoms with Gasteiger partial charge in [0.25, 0.3) is 0 Å². The van der Waals surface area contributed by atoms with Gasteiger partial charge in [0.2, 0.25) is 0 Å². The number of azo groups is 1. The van der Waals surface area contributed by atoms with Crippen LogP contribution >= 0.6 is 0 Å². The van der Waals surface area contributed by atoms with Crippen LogP contribution < -0.4 is 4.74 Å². The Morgan fingerprint density at radius 2 is 1.88 bits per heavy atom. The molecule has 0 heterocycles. The van der Waals surface area contributed by atoms with Crippen LogP contribution in [0.15, 0.2) is 70.4 Å². The summed E-state index contributed by atoms with van der Waals surface area (Å²) >= 11 is 0. The van der Waals surface area contributed by atoms with Crippen LogP contribution in [0.4, 0.5) is 11.4 Å². The van der Waals surface area contributed by atoms with Crippen LogP contribution in [0.5, 0.6) is 5.75 Å². The van der Waals surface area contributed by atoms with E-state index in [1.54, 1.807) is 49.4 Å². The molecule has 0 saturated carbocycles. The molecule has 0 bridgehead atoms. The Bertz CT molecular complexity index is 849. The molecule has 1 unspecified atom stereocenters. The molecule has 2 aromatic carbocycles. The molecule has 0 fully saturated rings. The minimum absolute atomic E-state index is 0.212. The highest BCUT2D eigenvalue weighted by atomic mass is 16.5. The molecule has 0 spiro atoms. The molecule has 0 aromatic heterocycles. The summed E-state index contributed by atoms with van der Waals surface area (Å²) in [4.78, 5) is 10.9. The summed E-state index contributed by atoms with van der Waals surface area (Å²) in [5, 5.41) is 26.0. The lowest BCUT2D eigenvalue weighted by Gasteiger charge is -2.13. The number of para-hydroxylation sites is 1. The van der Waals surface area contributed by atoms with E-state index >= 15 is 0 Å². The van der Waals surface area contributed by atoms with Gasteiger partial charge in [0.15, 0.2) is 0 Å². The van der Waals surface area contributed by atoms with Crippen LogP contribution in [0.1, 0.15) is 19.4 Å². The maximum absolute atomic E-state index is 10.9. The number of carboxylic acid groups (broad SMARTS) is 1. The van der Waals surface area contributed by atoms with E-state index < -0.39 is 12.1 Å². The monoisotopic (exact) mass is 335 g/mol. The van der Waals surface area contributed by atoms with Crippen LogP contribution in [-0.4, -0.2) is 17.2 Å². The normalized spacial score (nSPS) is 12.6. The van der Waals surface area contributed by atoms with Crippen molar-refractivity contribution in [3.63, 3.8) is 0 Å². The molecule has 0 aliphatic heterocycles. The van der Waals surface area contributed by atoms with Gasteiger partial charge < -0.3 is 9.84 Å². The number of aliphatic carboxylic acids is 1. The highest BCUT2D eigenvalue weighted by molar-refractivity contribution is 5.85. The minimum Gasteiger partial charge on any atom is -0.484 e. The van der Waals surface area contributed by atoms with Crippen LogP contribution in [0.2, 0.25) is 0 Å². The summed E-state index contributed by atoms with van der Waals surface area (Å²) in [5.74, 6) is -0.480. The lowest BCUT2D eigenvalue weighted by atomic mass is 10.2. The van der Waals surface area contributed by atoms with Crippen molar-refractivity contribution in [1.82, 2.24) is 0 Å². The quantitative estimate of drug-likeness (QED) is 0.607. The van der Waals surface area contributed by atoms with Crippen molar-refractivity contribution >= 4 is 17.3 Å². The Hall–Kier alpha value is -3.46. The molecule has 0 radical (unpaired) electrons. The van der Waals surface area contributed by atoms with Crippen molar-refractivity contribution in [2.24, 2.45) is 10.2 Å². The van der Waals surface area contributed by atoms with Gasteiger partial charge in [0.05, 0.1) is 17.3 Å². The second-order valence-corrected chi connectivity index (χ2v) is 5.30. The lowest BCUT2D eigenvalue weighted by molar-refractivity contribution is -0.132. The summed E-state index contributed by atoms with van der Waals surface area (Å²) in [5.41, 5.74) is 1.91. The van der Waals surface area contributed by atoms with Gasteiger partial charge >= 0.3 is 5.97 Å². The minimum atomic E-state index is -0.982. The zero-order valence-corrected chi connectivity index (χ0v) is 13.9. The third kappa shape index (κ3) is 5.29. The SMILES string of the molecule is CC(=CC(C)Oc1ccccc1N=Nc1ccc(C#N)cc1)C(=O)O. The van der Waals surface area contributed by atoms with Crippen LogP contribution in [0, 0.1) is 11.3 Å². The predicted molar refractivity (Wildman–Crippen MR) is 93.3 cm³/mol. The van der Waals surface area contributed by atoms with E-state index in [1.807, 2.05) is 12.1 Å². The Morgan fingerprint density at radius 3 is 2.52 bits per heavy atom. The number of nitriles is 1. The number of rotatable bonds is 6. The molecule has 1 atom stereocenters. The molecule has 6 nitrogen and oxygen atoms in total. The van der Waals surface area contributed by atoms with Crippen LogP contribution in [-0.2, 0) is 4.79 Å². The molecule has 25 heavy (non-hydrogen) atoms. The van der Waals surface area contributed by atoms with Crippen molar-refractivity contribution in [3.8, 4) is 11.8 Å². The fraction of sp³-hybridized carbons (Fsp3) is 0.158. The largest absolute Gasteiger partial charge is 0.484 e.